The van der Waals surface area contributed by atoms with Gasteiger partial charge in [0.15, 0.2) is 0 Å². The van der Waals surface area contributed by atoms with Gasteiger partial charge in [-0.15, -0.1) is 0 Å². The molecule has 1 rings (SSSR count). The Labute approximate surface area is 84.6 Å². The van der Waals surface area contributed by atoms with E-state index in [0.29, 0.717) is 18.8 Å². The van der Waals surface area contributed by atoms with Gasteiger partial charge < -0.3 is 9.90 Å². The van der Waals surface area contributed by atoms with Crippen molar-refractivity contribution in [3.05, 3.63) is 29.3 Å². The normalized spacial score (nSPS) is 10.5. The molecule has 0 bridgehead atoms. The first kappa shape index (κ1) is 10.8. The third-order valence-electron chi connectivity index (χ3n) is 2.30. The maximum Gasteiger partial charge on any atom is 0.120 e. The fourth-order valence-electron chi connectivity index (χ4n) is 1.38. The van der Waals surface area contributed by atoms with Crippen molar-refractivity contribution in [1.29, 1.82) is 0 Å². The molecule has 0 aliphatic carbocycles. The largest absolute Gasteiger partial charge is 0.508 e. The van der Waals surface area contributed by atoms with Crippen molar-refractivity contribution in [3.8, 4) is 5.75 Å². The van der Waals surface area contributed by atoms with Crippen LogP contribution in [0.2, 0.25) is 0 Å². The van der Waals surface area contributed by atoms with E-state index in [9.17, 15) is 9.90 Å². The summed E-state index contributed by atoms with van der Waals surface area (Å²) in [4.78, 5) is 10.2. The predicted molar refractivity (Wildman–Crippen MR) is 56.6 cm³/mol. The lowest BCUT2D eigenvalue weighted by Crippen LogP contribution is -1.92. The van der Waals surface area contributed by atoms with Gasteiger partial charge in [0, 0.05) is 6.42 Å². The molecule has 14 heavy (non-hydrogen) atoms. The van der Waals surface area contributed by atoms with Crippen LogP contribution in [0.5, 0.6) is 5.75 Å². The van der Waals surface area contributed by atoms with Gasteiger partial charge in [0.05, 0.1) is 0 Å². The highest BCUT2D eigenvalue weighted by Gasteiger charge is 2.04. The van der Waals surface area contributed by atoms with Crippen molar-refractivity contribution in [3.63, 3.8) is 0 Å². The van der Waals surface area contributed by atoms with E-state index in [1.807, 2.05) is 12.1 Å². The van der Waals surface area contributed by atoms with E-state index in [4.69, 9.17) is 0 Å². The summed E-state index contributed by atoms with van der Waals surface area (Å²) in [5.41, 5.74) is 2.06. The number of phenolic OH excluding ortho intramolecular Hbond substituents is 1. The summed E-state index contributed by atoms with van der Waals surface area (Å²) in [7, 11) is 0. The number of aromatic hydroxyl groups is 1. The second-order valence-corrected chi connectivity index (χ2v) is 3.75. The molecule has 0 saturated heterocycles. The van der Waals surface area contributed by atoms with Gasteiger partial charge in [-0.1, -0.05) is 26.0 Å². The molecule has 2 nitrogen and oxygen atoms in total. The Morgan fingerprint density at radius 1 is 1.43 bits per heavy atom. The molecule has 0 unspecified atom stereocenters. The predicted octanol–water partition coefficient (Wildman–Crippen LogP) is 2.65. The lowest BCUT2D eigenvalue weighted by Gasteiger charge is -2.09. The van der Waals surface area contributed by atoms with Crippen LogP contribution in [0.4, 0.5) is 0 Å². The quantitative estimate of drug-likeness (QED) is 0.744. The molecule has 0 amide bonds. The Morgan fingerprint density at radius 2 is 2.14 bits per heavy atom. The SMILES string of the molecule is CC(C)c1ccc(O)c(CCC=O)c1. The zero-order valence-electron chi connectivity index (χ0n) is 8.66. The zero-order valence-corrected chi connectivity index (χ0v) is 8.66. The summed E-state index contributed by atoms with van der Waals surface area (Å²) in [5, 5.41) is 9.53. The zero-order chi connectivity index (χ0) is 10.6. The molecular formula is C12H16O2. The molecule has 0 heterocycles. The van der Waals surface area contributed by atoms with Crippen molar-refractivity contribution in [2.45, 2.75) is 32.6 Å². The van der Waals surface area contributed by atoms with Crippen LogP contribution in [0.25, 0.3) is 0 Å². The summed E-state index contributed by atoms with van der Waals surface area (Å²) in [5.74, 6) is 0.738. The lowest BCUT2D eigenvalue weighted by molar-refractivity contribution is -0.107. The Kier molecular flexibility index (Phi) is 3.69. The second kappa shape index (κ2) is 4.80. The van der Waals surface area contributed by atoms with Gasteiger partial charge in [-0.2, -0.15) is 0 Å². The molecular weight excluding hydrogens is 176 g/mol. The van der Waals surface area contributed by atoms with E-state index in [-0.39, 0.29) is 5.75 Å². The summed E-state index contributed by atoms with van der Waals surface area (Å²) >= 11 is 0. The van der Waals surface area contributed by atoms with E-state index < -0.39 is 0 Å². The second-order valence-electron chi connectivity index (χ2n) is 3.75. The monoisotopic (exact) mass is 192 g/mol. The van der Waals surface area contributed by atoms with Gasteiger partial charge >= 0.3 is 0 Å². The van der Waals surface area contributed by atoms with Crippen molar-refractivity contribution < 1.29 is 9.90 Å². The van der Waals surface area contributed by atoms with E-state index in [0.717, 1.165) is 11.8 Å². The Morgan fingerprint density at radius 3 is 2.71 bits per heavy atom. The number of carbonyl (C=O) groups is 1. The average molecular weight is 192 g/mol. The number of hydrogen-bond donors (Lipinski definition) is 1. The van der Waals surface area contributed by atoms with Crippen LogP contribution < -0.4 is 0 Å². The highest BCUT2D eigenvalue weighted by molar-refractivity contribution is 5.51. The van der Waals surface area contributed by atoms with E-state index in [2.05, 4.69) is 13.8 Å². The molecule has 0 spiro atoms. The van der Waals surface area contributed by atoms with E-state index >= 15 is 0 Å². The molecule has 1 N–H and O–H groups in total. The van der Waals surface area contributed by atoms with Crippen LogP contribution in [0.3, 0.4) is 0 Å². The van der Waals surface area contributed by atoms with Gasteiger partial charge in [-0.25, -0.2) is 0 Å². The number of aldehydes is 1. The molecule has 0 fully saturated rings. The molecule has 76 valence electrons. The molecule has 0 aromatic heterocycles. The van der Waals surface area contributed by atoms with Crippen LogP contribution in [-0.2, 0) is 11.2 Å². The number of rotatable bonds is 4. The fourth-order valence-corrected chi connectivity index (χ4v) is 1.38. The maximum absolute atomic E-state index is 10.2. The number of phenols is 1. The molecule has 0 atom stereocenters. The molecule has 1 aromatic rings. The highest BCUT2D eigenvalue weighted by atomic mass is 16.3. The van der Waals surface area contributed by atoms with Gasteiger partial charge in [-0.05, 0) is 29.5 Å². The molecule has 0 saturated carbocycles. The van der Waals surface area contributed by atoms with Crippen molar-refractivity contribution in [2.24, 2.45) is 0 Å². The fraction of sp³-hybridized carbons (Fsp3) is 0.417. The number of hydrogen-bond acceptors (Lipinski definition) is 2. The van der Waals surface area contributed by atoms with Crippen LogP contribution >= 0.6 is 0 Å². The van der Waals surface area contributed by atoms with Crippen LogP contribution in [0.1, 0.15) is 37.3 Å². The molecule has 0 aliphatic rings. The van der Waals surface area contributed by atoms with Gasteiger partial charge in [-0.3, -0.25) is 0 Å². The number of aryl methyl sites for hydroxylation is 1. The van der Waals surface area contributed by atoms with Crippen molar-refractivity contribution >= 4 is 6.29 Å². The lowest BCUT2D eigenvalue weighted by atomic mass is 9.98. The maximum atomic E-state index is 10.2. The Hall–Kier alpha value is -1.31. The summed E-state index contributed by atoms with van der Waals surface area (Å²) in [6, 6.07) is 5.60. The number of carbonyl (C=O) groups excluding carboxylic acids is 1. The first-order chi connectivity index (χ1) is 6.65. The Bertz CT molecular complexity index is 316. The molecule has 0 radical (unpaired) electrons. The minimum atomic E-state index is 0.288. The molecule has 0 aliphatic heterocycles. The highest BCUT2D eigenvalue weighted by Crippen LogP contribution is 2.23. The minimum absolute atomic E-state index is 0.288. The summed E-state index contributed by atoms with van der Waals surface area (Å²) < 4.78 is 0. The Balaban J connectivity index is 2.90. The number of benzene rings is 1. The molecule has 1 aromatic carbocycles. The van der Waals surface area contributed by atoms with Gasteiger partial charge in [0.2, 0.25) is 0 Å². The van der Waals surface area contributed by atoms with E-state index in [1.54, 1.807) is 6.07 Å². The standard InChI is InChI=1S/C12H16O2/c1-9(2)10-5-6-12(14)11(8-10)4-3-7-13/h5-9,14H,3-4H2,1-2H3. The summed E-state index contributed by atoms with van der Waals surface area (Å²) in [6.07, 6.45) is 1.96. The van der Waals surface area contributed by atoms with Gasteiger partial charge in [0.1, 0.15) is 12.0 Å². The van der Waals surface area contributed by atoms with Crippen LogP contribution in [0.15, 0.2) is 18.2 Å². The van der Waals surface area contributed by atoms with Crippen LogP contribution in [0, 0.1) is 0 Å². The van der Waals surface area contributed by atoms with Gasteiger partial charge in [0.25, 0.3) is 0 Å². The van der Waals surface area contributed by atoms with E-state index in [1.165, 1.54) is 5.56 Å². The third kappa shape index (κ3) is 2.59. The molecule has 2 heteroatoms. The first-order valence-electron chi connectivity index (χ1n) is 4.90. The first-order valence-corrected chi connectivity index (χ1v) is 4.90. The smallest absolute Gasteiger partial charge is 0.120 e. The van der Waals surface area contributed by atoms with Crippen molar-refractivity contribution in [2.75, 3.05) is 0 Å². The average Bonchev–Trinajstić information content (AvgIpc) is 2.16. The topological polar surface area (TPSA) is 37.3 Å². The summed E-state index contributed by atoms with van der Waals surface area (Å²) in [6.45, 7) is 4.21. The minimum Gasteiger partial charge on any atom is -0.508 e. The van der Waals surface area contributed by atoms with Crippen LogP contribution in [-0.4, -0.2) is 11.4 Å². The third-order valence-corrected chi connectivity index (χ3v) is 2.30. The van der Waals surface area contributed by atoms with Crippen molar-refractivity contribution in [1.82, 2.24) is 0 Å².